The largest absolute Gasteiger partial charge is 0.334 e. The molecule has 0 unspecified atom stereocenters. The van der Waals surface area contributed by atoms with Gasteiger partial charge in [-0.05, 0) is 41.8 Å². The van der Waals surface area contributed by atoms with Crippen LogP contribution in [0.25, 0.3) is 0 Å². The molecule has 2 aromatic rings. The standard InChI is InChI=1S/C20H22N2O3S/c1-3-11-22(14-17-9-7-16(13-21)8-10-17)20(23)19-6-4-5-18(12-19)15-26(2,24)25/h4-10,12H,3,11,14-15H2,1-2H3. The van der Waals surface area contributed by atoms with Crippen LogP contribution in [-0.2, 0) is 22.1 Å². The van der Waals surface area contributed by atoms with Crippen molar-refractivity contribution in [3.8, 4) is 6.07 Å². The summed E-state index contributed by atoms with van der Waals surface area (Å²) >= 11 is 0. The second-order valence-corrected chi connectivity index (χ2v) is 8.45. The molecule has 6 heteroatoms. The Labute approximate surface area is 154 Å². The maximum Gasteiger partial charge on any atom is 0.254 e. The Balaban J connectivity index is 2.22. The molecule has 0 aromatic heterocycles. The molecule has 0 aliphatic rings. The van der Waals surface area contributed by atoms with E-state index in [2.05, 4.69) is 6.07 Å². The third-order valence-electron chi connectivity index (χ3n) is 3.84. The zero-order chi connectivity index (χ0) is 19.2. The minimum Gasteiger partial charge on any atom is -0.334 e. The molecule has 136 valence electrons. The van der Waals surface area contributed by atoms with E-state index in [1.54, 1.807) is 41.3 Å². The van der Waals surface area contributed by atoms with Crippen LogP contribution in [0.4, 0.5) is 0 Å². The van der Waals surface area contributed by atoms with Crippen molar-refractivity contribution >= 4 is 15.7 Å². The van der Waals surface area contributed by atoms with Crippen LogP contribution in [0.3, 0.4) is 0 Å². The number of sulfone groups is 1. The number of carbonyl (C=O) groups excluding carboxylic acids is 1. The number of hydrogen-bond acceptors (Lipinski definition) is 4. The predicted molar refractivity (Wildman–Crippen MR) is 101 cm³/mol. The molecule has 0 heterocycles. The monoisotopic (exact) mass is 370 g/mol. The first kappa shape index (κ1) is 19.7. The number of rotatable bonds is 7. The van der Waals surface area contributed by atoms with E-state index in [0.29, 0.717) is 29.8 Å². The number of nitrogens with zero attached hydrogens (tertiary/aromatic N) is 2. The summed E-state index contributed by atoms with van der Waals surface area (Å²) in [6.45, 7) is 3.03. The Bertz CT molecular complexity index is 913. The number of benzene rings is 2. The van der Waals surface area contributed by atoms with Crippen LogP contribution in [0.5, 0.6) is 0 Å². The molecular weight excluding hydrogens is 348 g/mol. The zero-order valence-electron chi connectivity index (χ0n) is 15.0. The van der Waals surface area contributed by atoms with E-state index >= 15 is 0 Å². The molecular formula is C20H22N2O3S. The Morgan fingerprint density at radius 1 is 1.12 bits per heavy atom. The SMILES string of the molecule is CCCN(Cc1ccc(C#N)cc1)C(=O)c1cccc(CS(C)(=O)=O)c1. The third kappa shape index (κ3) is 5.71. The Hall–Kier alpha value is -2.65. The van der Waals surface area contributed by atoms with E-state index in [-0.39, 0.29) is 11.7 Å². The molecule has 0 bridgehead atoms. The van der Waals surface area contributed by atoms with Gasteiger partial charge in [-0.3, -0.25) is 4.79 Å². The van der Waals surface area contributed by atoms with Crippen LogP contribution < -0.4 is 0 Å². The normalized spacial score (nSPS) is 11.0. The fourth-order valence-electron chi connectivity index (χ4n) is 2.71. The molecule has 0 saturated carbocycles. The van der Waals surface area contributed by atoms with Gasteiger partial charge in [0.2, 0.25) is 0 Å². The lowest BCUT2D eigenvalue weighted by atomic mass is 10.1. The second kappa shape index (κ2) is 8.63. The number of amides is 1. The van der Waals surface area contributed by atoms with Gasteiger partial charge in [-0.25, -0.2) is 8.42 Å². The summed E-state index contributed by atoms with van der Waals surface area (Å²) in [6.07, 6.45) is 1.99. The summed E-state index contributed by atoms with van der Waals surface area (Å²) in [5.41, 5.74) is 2.61. The van der Waals surface area contributed by atoms with Gasteiger partial charge in [-0.1, -0.05) is 31.2 Å². The minimum absolute atomic E-state index is 0.0858. The Kier molecular flexibility index (Phi) is 6.53. The highest BCUT2D eigenvalue weighted by molar-refractivity contribution is 7.89. The number of carbonyl (C=O) groups is 1. The van der Waals surface area contributed by atoms with Gasteiger partial charge in [-0.2, -0.15) is 5.26 Å². The van der Waals surface area contributed by atoms with E-state index in [1.165, 1.54) is 6.26 Å². The lowest BCUT2D eigenvalue weighted by Gasteiger charge is -2.22. The van der Waals surface area contributed by atoms with E-state index in [9.17, 15) is 13.2 Å². The average Bonchev–Trinajstić information content (AvgIpc) is 2.60. The number of hydrogen-bond donors (Lipinski definition) is 0. The van der Waals surface area contributed by atoms with E-state index in [1.807, 2.05) is 19.1 Å². The molecule has 2 aromatic carbocycles. The van der Waals surface area contributed by atoms with Crippen LogP contribution in [0.15, 0.2) is 48.5 Å². The predicted octanol–water partition coefficient (Wildman–Crippen LogP) is 3.16. The van der Waals surface area contributed by atoms with Gasteiger partial charge in [0.15, 0.2) is 9.84 Å². The summed E-state index contributed by atoms with van der Waals surface area (Å²) in [7, 11) is -3.16. The van der Waals surface area contributed by atoms with E-state index < -0.39 is 9.84 Å². The molecule has 0 atom stereocenters. The summed E-state index contributed by atoms with van der Waals surface area (Å²) < 4.78 is 23.0. The first-order valence-corrected chi connectivity index (χ1v) is 10.4. The van der Waals surface area contributed by atoms with Crippen molar-refractivity contribution in [3.63, 3.8) is 0 Å². The zero-order valence-corrected chi connectivity index (χ0v) is 15.8. The van der Waals surface area contributed by atoms with Gasteiger partial charge in [0.25, 0.3) is 5.91 Å². The van der Waals surface area contributed by atoms with E-state index in [0.717, 1.165) is 12.0 Å². The Morgan fingerprint density at radius 2 is 1.81 bits per heavy atom. The lowest BCUT2D eigenvalue weighted by molar-refractivity contribution is 0.0743. The van der Waals surface area contributed by atoms with Gasteiger partial charge in [0.1, 0.15) is 0 Å². The number of nitriles is 1. The molecule has 0 spiro atoms. The fourth-order valence-corrected chi connectivity index (χ4v) is 3.49. The summed E-state index contributed by atoms with van der Waals surface area (Å²) in [6, 6.07) is 16.0. The molecule has 0 radical (unpaired) electrons. The van der Waals surface area contributed by atoms with Crippen LogP contribution in [0, 0.1) is 11.3 Å². The van der Waals surface area contributed by atoms with Crippen LogP contribution in [-0.4, -0.2) is 32.0 Å². The minimum atomic E-state index is -3.16. The van der Waals surface area contributed by atoms with Gasteiger partial charge < -0.3 is 4.90 Å². The third-order valence-corrected chi connectivity index (χ3v) is 4.70. The molecule has 0 fully saturated rings. The average molecular weight is 370 g/mol. The van der Waals surface area contributed by atoms with Crippen molar-refractivity contribution in [3.05, 3.63) is 70.8 Å². The summed E-state index contributed by atoms with van der Waals surface area (Å²) in [5, 5.41) is 8.88. The van der Waals surface area contributed by atoms with Crippen molar-refractivity contribution in [2.45, 2.75) is 25.6 Å². The van der Waals surface area contributed by atoms with Crippen molar-refractivity contribution in [1.29, 1.82) is 5.26 Å². The smallest absolute Gasteiger partial charge is 0.254 e. The molecule has 0 aliphatic heterocycles. The topological polar surface area (TPSA) is 78.2 Å². The van der Waals surface area contributed by atoms with Crippen LogP contribution in [0.2, 0.25) is 0 Å². The van der Waals surface area contributed by atoms with Crippen molar-refractivity contribution in [2.75, 3.05) is 12.8 Å². The lowest BCUT2D eigenvalue weighted by Crippen LogP contribution is -2.31. The van der Waals surface area contributed by atoms with E-state index in [4.69, 9.17) is 5.26 Å². The van der Waals surface area contributed by atoms with Crippen molar-refractivity contribution < 1.29 is 13.2 Å². The maximum absolute atomic E-state index is 12.9. The van der Waals surface area contributed by atoms with Gasteiger partial charge in [-0.15, -0.1) is 0 Å². The summed E-state index contributed by atoms with van der Waals surface area (Å²) in [5.74, 6) is -0.219. The molecule has 0 saturated heterocycles. The van der Waals surface area contributed by atoms with Crippen LogP contribution in [0.1, 0.15) is 40.4 Å². The highest BCUT2D eigenvalue weighted by Gasteiger charge is 2.16. The first-order chi connectivity index (χ1) is 12.3. The first-order valence-electron chi connectivity index (χ1n) is 8.37. The molecule has 0 aliphatic carbocycles. The molecule has 5 nitrogen and oxygen atoms in total. The highest BCUT2D eigenvalue weighted by atomic mass is 32.2. The van der Waals surface area contributed by atoms with Crippen molar-refractivity contribution in [2.24, 2.45) is 0 Å². The summed E-state index contributed by atoms with van der Waals surface area (Å²) in [4.78, 5) is 14.6. The molecule has 2 rings (SSSR count). The second-order valence-electron chi connectivity index (χ2n) is 6.31. The maximum atomic E-state index is 12.9. The van der Waals surface area contributed by atoms with Gasteiger partial charge in [0, 0.05) is 24.9 Å². The highest BCUT2D eigenvalue weighted by Crippen LogP contribution is 2.14. The molecule has 0 N–H and O–H groups in total. The quantitative estimate of drug-likeness (QED) is 0.750. The molecule has 1 amide bonds. The van der Waals surface area contributed by atoms with Crippen molar-refractivity contribution in [1.82, 2.24) is 4.90 Å². The molecule has 26 heavy (non-hydrogen) atoms. The van der Waals surface area contributed by atoms with Crippen LogP contribution >= 0.6 is 0 Å². The Morgan fingerprint density at radius 3 is 2.38 bits per heavy atom. The fraction of sp³-hybridized carbons (Fsp3) is 0.300. The van der Waals surface area contributed by atoms with Gasteiger partial charge in [0.05, 0.1) is 17.4 Å². The van der Waals surface area contributed by atoms with Gasteiger partial charge >= 0.3 is 0 Å².